The van der Waals surface area contributed by atoms with Crippen LogP contribution >= 0.6 is 11.3 Å². The quantitative estimate of drug-likeness (QED) is 0.499. The number of hydrogen-bond donors (Lipinski definition) is 1. The van der Waals surface area contributed by atoms with Crippen LogP contribution in [0.1, 0.15) is 16.8 Å². The van der Waals surface area contributed by atoms with Crippen LogP contribution in [0.3, 0.4) is 0 Å². The highest BCUT2D eigenvalue weighted by molar-refractivity contribution is 7.15. The molecule has 1 amide bonds. The van der Waals surface area contributed by atoms with Crippen molar-refractivity contribution in [1.82, 2.24) is 14.7 Å². The standard InChI is InChI=1S/C23H23N3O2S/c1-16-3-7-18(8-4-16)21-14-26-19(15-29-23(26)25-21)13-22(27)24-12-11-17-5-9-20(28-2)10-6-17/h3-10,14-15H,11-13H2,1-2H3,(H,24,27). The van der Waals surface area contributed by atoms with Crippen LogP contribution in [0.25, 0.3) is 16.2 Å². The number of nitrogens with zero attached hydrogens (tertiary/aromatic N) is 2. The average Bonchev–Trinajstić information content (AvgIpc) is 3.31. The number of imidazole rings is 1. The number of ether oxygens (including phenoxy) is 1. The van der Waals surface area contributed by atoms with Crippen LogP contribution in [0.4, 0.5) is 0 Å². The number of nitrogens with one attached hydrogen (secondary N) is 1. The molecule has 0 unspecified atom stereocenters. The third kappa shape index (κ3) is 4.49. The fourth-order valence-corrected chi connectivity index (χ4v) is 4.06. The number of carbonyl (C=O) groups is 1. The zero-order valence-corrected chi connectivity index (χ0v) is 17.3. The molecule has 0 spiro atoms. The molecule has 0 aliphatic heterocycles. The number of carbonyl (C=O) groups excluding carboxylic acids is 1. The van der Waals surface area contributed by atoms with E-state index >= 15 is 0 Å². The van der Waals surface area contributed by atoms with Crippen LogP contribution in [0.2, 0.25) is 0 Å². The van der Waals surface area contributed by atoms with E-state index in [-0.39, 0.29) is 5.91 Å². The highest BCUT2D eigenvalue weighted by Crippen LogP contribution is 2.24. The highest BCUT2D eigenvalue weighted by Gasteiger charge is 2.12. The van der Waals surface area contributed by atoms with Gasteiger partial charge in [0.2, 0.25) is 5.91 Å². The lowest BCUT2D eigenvalue weighted by Gasteiger charge is -2.06. The lowest BCUT2D eigenvalue weighted by molar-refractivity contribution is -0.120. The molecule has 5 nitrogen and oxygen atoms in total. The topological polar surface area (TPSA) is 55.6 Å². The number of fused-ring (bicyclic) bond motifs is 1. The Kier molecular flexibility index (Phi) is 5.62. The zero-order valence-electron chi connectivity index (χ0n) is 16.5. The minimum Gasteiger partial charge on any atom is -0.497 e. The molecule has 0 bridgehead atoms. The van der Waals surface area contributed by atoms with Crippen molar-refractivity contribution in [2.75, 3.05) is 13.7 Å². The van der Waals surface area contributed by atoms with Crippen molar-refractivity contribution in [1.29, 1.82) is 0 Å². The molecule has 1 N–H and O–H groups in total. The summed E-state index contributed by atoms with van der Waals surface area (Å²) in [7, 11) is 1.65. The third-order valence-corrected chi connectivity index (χ3v) is 5.76. The molecule has 4 rings (SSSR count). The number of methoxy groups -OCH3 is 1. The van der Waals surface area contributed by atoms with E-state index in [0.717, 1.165) is 34.1 Å². The Hall–Kier alpha value is -3.12. The molecular weight excluding hydrogens is 382 g/mol. The summed E-state index contributed by atoms with van der Waals surface area (Å²) in [6.45, 7) is 2.68. The number of amides is 1. The van der Waals surface area contributed by atoms with Crippen molar-refractivity contribution >= 4 is 22.2 Å². The third-order valence-electron chi connectivity index (χ3n) is 4.87. The summed E-state index contributed by atoms with van der Waals surface area (Å²) in [5.41, 5.74) is 5.36. The van der Waals surface area contributed by atoms with Crippen molar-refractivity contribution < 1.29 is 9.53 Å². The van der Waals surface area contributed by atoms with Gasteiger partial charge in [-0.05, 0) is 31.0 Å². The molecule has 2 heterocycles. The van der Waals surface area contributed by atoms with E-state index in [2.05, 4.69) is 36.5 Å². The second kappa shape index (κ2) is 8.49. The molecular formula is C23H23N3O2S. The minimum absolute atomic E-state index is 0.0174. The Morgan fingerprint density at radius 3 is 2.62 bits per heavy atom. The zero-order chi connectivity index (χ0) is 20.2. The monoisotopic (exact) mass is 405 g/mol. The van der Waals surface area contributed by atoms with Crippen LogP contribution < -0.4 is 10.1 Å². The second-order valence-electron chi connectivity index (χ2n) is 7.00. The van der Waals surface area contributed by atoms with E-state index in [9.17, 15) is 4.79 Å². The summed E-state index contributed by atoms with van der Waals surface area (Å²) in [4.78, 5) is 18.0. The number of aryl methyl sites for hydroxylation is 1. The molecule has 148 valence electrons. The first-order valence-corrected chi connectivity index (χ1v) is 10.4. The Labute approximate surface area is 174 Å². The molecule has 0 radical (unpaired) electrons. The Morgan fingerprint density at radius 2 is 1.90 bits per heavy atom. The fraction of sp³-hybridized carbons (Fsp3) is 0.217. The van der Waals surface area contributed by atoms with Crippen LogP contribution in [0.15, 0.2) is 60.1 Å². The number of benzene rings is 2. The van der Waals surface area contributed by atoms with Gasteiger partial charge in [-0.3, -0.25) is 9.20 Å². The highest BCUT2D eigenvalue weighted by atomic mass is 32.1. The second-order valence-corrected chi connectivity index (χ2v) is 7.83. The van der Waals surface area contributed by atoms with E-state index in [4.69, 9.17) is 9.72 Å². The smallest absolute Gasteiger partial charge is 0.225 e. The van der Waals surface area contributed by atoms with Crippen LogP contribution in [0, 0.1) is 6.92 Å². The lowest BCUT2D eigenvalue weighted by Crippen LogP contribution is -2.27. The molecule has 2 aromatic heterocycles. The molecule has 6 heteroatoms. The summed E-state index contributed by atoms with van der Waals surface area (Å²) >= 11 is 1.56. The van der Waals surface area contributed by atoms with Gasteiger partial charge in [0.25, 0.3) is 0 Å². The summed E-state index contributed by atoms with van der Waals surface area (Å²) in [6.07, 6.45) is 3.14. The van der Waals surface area contributed by atoms with Gasteiger partial charge in [0.05, 0.1) is 19.2 Å². The summed E-state index contributed by atoms with van der Waals surface area (Å²) in [5.74, 6) is 0.855. The lowest BCUT2D eigenvalue weighted by atomic mass is 10.1. The predicted octanol–water partition coefficient (Wildman–Crippen LogP) is 4.28. The molecule has 0 aliphatic rings. The maximum Gasteiger partial charge on any atom is 0.225 e. The van der Waals surface area contributed by atoms with Crippen LogP contribution in [0.5, 0.6) is 5.75 Å². The van der Waals surface area contributed by atoms with Crippen molar-refractivity contribution in [3.8, 4) is 17.0 Å². The van der Waals surface area contributed by atoms with Gasteiger partial charge in [0.15, 0.2) is 4.96 Å². The summed E-state index contributed by atoms with van der Waals surface area (Å²) in [6, 6.07) is 16.2. The molecule has 0 fully saturated rings. The van der Waals surface area contributed by atoms with Gasteiger partial charge in [0.1, 0.15) is 5.75 Å². The predicted molar refractivity (Wildman–Crippen MR) is 117 cm³/mol. The van der Waals surface area contributed by atoms with Gasteiger partial charge in [-0.25, -0.2) is 4.98 Å². The number of rotatable bonds is 7. The molecule has 0 aliphatic carbocycles. The minimum atomic E-state index is 0.0174. The molecule has 0 atom stereocenters. The first-order chi connectivity index (χ1) is 14.1. The normalized spacial score (nSPS) is 11.0. The Balaban J connectivity index is 1.37. The van der Waals surface area contributed by atoms with E-state index in [1.807, 2.05) is 40.2 Å². The van der Waals surface area contributed by atoms with Gasteiger partial charge >= 0.3 is 0 Å². The van der Waals surface area contributed by atoms with Crippen molar-refractivity contribution in [3.05, 3.63) is 76.9 Å². The summed E-state index contributed by atoms with van der Waals surface area (Å²) < 4.78 is 7.18. The molecule has 4 aromatic rings. The number of thiazole rings is 1. The largest absolute Gasteiger partial charge is 0.497 e. The molecule has 0 saturated heterocycles. The Morgan fingerprint density at radius 1 is 1.14 bits per heavy atom. The van der Waals surface area contributed by atoms with Crippen LogP contribution in [-0.4, -0.2) is 28.9 Å². The fourth-order valence-electron chi connectivity index (χ4n) is 3.19. The first-order valence-electron chi connectivity index (χ1n) is 9.54. The van der Waals surface area contributed by atoms with Crippen LogP contribution in [-0.2, 0) is 17.6 Å². The maximum atomic E-state index is 12.4. The molecule has 2 aromatic carbocycles. The van der Waals surface area contributed by atoms with Gasteiger partial charge in [-0.2, -0.15) is 0 Å². The van der Waals surface area contributed by atoms with Gasteiger partial charge in [0, 0.05) is 29.4 Å². The number of hydrogen-bond acceptors (Lipinski definition) is 4. The SMILES string of the molecule is COc1ccc(CCNC(=O)Cc2csc3nc(-c4ccc(C)cc4)cn23)cc1. The van der Waals surface area contributed by atoms with Crippen molar-refractivity contribution in [2.24, 2.45) is 0 Å². The maximum absolute atomic E-state index is 12.4. The number of aromatic nitrogens is 2. The van der Waals surface area contributed by atoms with Crippen molar-refractivity contribution in [2.45, 2.75) is 19.8 Å². The van der Waals surface area contributed by atoms with Gasteiger partial charge in [-0.1, -0.05) is 42.0 Å². The van der Waals surface area contributed by atoms with E-state index in [1.165, 1.54) is 11.1 Å². The first kappa shape index (κ1) is 19.2. The van der Waals surface area contributed by atoms with E-state index in [1.54, 1.807) is 18.4 Å². The molecule has 0 saturated carbocycles. The molecule has 29 heavy (non-hydrogen) atoms. The Bertz CT molecular complexity index is 1110. The van der Waals surface area contributed by atoms with Gasteiger partial charge < -0.3 is 10.1 Å². The van der Waals surface area contributed by atoms with E-state index in [0.29, 0.717) is 13.0 Å². The average molecular weight is 406 g/mol. The van der Waals surface area contributed by atoms with Crippen molar-refractivity contribution in [3.63, 3.8) is 0 Å². The summed E-state index contributed by atoms with van der Waals surface area (Å²) in [5, 5.41) is 5.01. The van der Waals surface area contributed by atoms with E-state index < -0.39 is 0 Å². The van der Waals surface area contributed by atoms with Gasteiger partial charge in [-0.15, -0.1) is 11.3 Å².